The van der Waals surface area contributed by atoms with E-state index in [1.807, 2.05) is 13.0 Å². The van der Waals surface area contributed by atoms with Gasteiger partial charge in [0.25, 0.3) is 11.2 Å². The fourth-order valence-electron chi connectivity index (χ4n) is 10.3. The van der Waals surface area contributed by atoms with Gasteiger partial charge in [-0.05, 0) is 77.2 Å². The summed E-state index contributed by atoms with van der Waals surface area (Å²) in [5.74, 6) is -3.43. The van der Waals surface area contributed by atoms with Crippen LogP contribution >= 0.6 is 0 Å². The Kier molecular flexibility index (Phi) is 22.7. The van der Waals surface area contributed by atoms with Gasteiger partial charge >= 0.3 is 30.3 Å². The van der Waals surface area contributed by atoms with Gasteiger partial charge < -0.3 is 33.2 Å². The Morgan fingerprint density at radius 1 is 0.577 bits per heavy atom. The lowest BCUT2D eigenvalue weighted by Gasteiger charge is -2.35. The van der Waals surface area contributed by atoms with Crippen LogP contribution in [0.1, 0.15) is 173 Å². The number of methoxy groups -OCH3 is 2. The first-order chi connectivity index (χ1) is 34.0. The van der Waals surface area contributed by atoms with Gasteiger partial charge in [0, 0.05) is 30.9 Å². The van der Waals surface area contributed by atoms with Crippen molar-refractivity contribution in [1.29, 1.82) is 0 Å². The van der Waals surface area contributed by atoms with Gasteiger partial charge in [-0.3, -0.25) is 0 Å². The summed E-state index contributed by atoms with van der Waals surface area (Å²) in [6.07, 6.45) is 3.98. The van der Waals surface area contributed by atoms with E-state index in [0.29, 0.717) is 44.9 Å². The minimum absolute atomic E-state index is 0.182. The Labute approximate surface area is 416 Å². The standard InChI is InChI=1S/C55H76F6O10/c1-5-6-7-8-9-13-16-25-32-43(70-50(63)52(65-3,54(56,57)58)41-28-21-18-22-29-41)45-34-36-47(68-45)48-37-35-46(69-48)44(71-51(64)53(66-4,55(59,60)61)42-30-23-19-24-31-42)33-26-17-14-11-10-12-15-20-27-40-38-39(2)67-49(40)62/h18-19,21-24,28-31,38-39,43-48H,5-17,20,25-27,32-37H2,1-4H3/t39-,43+,44-,45+,46+,47+,48+,52+,53+/m0/s1. The van der Waals surface area contributed by atoms with Crippen molar-refractivity contribution >= 4 is 17.9 Å². The second-order valence-electron chi connectivity index (χ2n) is 19.4. The van der Waals surface area contributed by atoms with Gasteiger partial charge in [-0.2, -0.15) is 26.3 Å². The summed E-state index contributed by atoms with van der Waals surface area (Å²) in [5, 5.41) is 0. The van der Waals surface area contributed by atoms with Crippen LogP contribution in [-0.4, -0.2) is 87.2 Å². The molecule has 0 bridgehead atoms. The summed E-state index contributed by atoms with van der Waals surface area (Å²) < 4.78 is 130. The predicted octanol–water partition coefficient (Wildman–Crippen LogP) is 13.4. The van der Waals surface area contributed by atoms with Gasteiger partial charge in [0.15, 0.2) is 0 Å². The molecular weight excluding hydrogens is 935 g/mol. The van der Waals surface area contributed by atoms with Crippen LogP contribution in [-0.2, 0) is 58.7 Å². The fourth-order valence-corrected chi connectivity index (χ4v) is 10.3. The Morgan fingerprint density at radius 3 is 1.31 bits per heavy atom. The number of cyclic esters (lactones) is 1. The highest BCUT2D eigenvalue weighted by Crippen LogP contribution is 2.46. The van der Waals surface area contributed by atoms with Crippen LogP contribution in [0.3, 0.4) is 0 Å². The number of ether oxygens (including phenoxy) is 7. The van der Waals surface area contributed by atoms with Crippen molar-refractivity contribution in [1.82, 2.24) is 0 Å². The number of benzene rings is 2. The topological polar surface area (TPSA) is 116 Å². The Hall–Kier alpha value is -3.99. The van der Waals surface area contributed by atoms with Gasteiger partial charge in [-0.15, -0.1) is 0 Å². The SMILES string of the molecule is CCCCCCCCCC[C@@H](OC(=O)[C@](OC)(c1ccccc1)C(F)(F)F)[C@H]1CC[C@H]([C@H]2CC[C@H]([C@H](CCCCCCCCCCC3=C[C@H](C)OC3=O)OC(=O)[C@](OC)(c3ccccc3)C(F)(F)F)O2)O1. The van der Waals surface area contributed by atoms with E-state index in [0.717, 1.165) is 110 Å². The molecule has 0 amide bonds. The molecular formula is C55H76F6O10. The van der Waals surface area contributed by atoms with Crippen molar-refractivity contribution in [3.8, 4) is 0 Å². The molecule has 0 aromatic heterocycles. The molecule has 2 aromatic carbocycles. The van der Waals surface area contributed by atoms with Crippen molar-refractivity contribution in [2.45, 2.75) is 228 Å². The van der Waals surface area contributed by atoms with Crippen molar-refractivity contribution < 1.29 is 73.9 Å². The molecule has 2 saturated heterocycles. The number of unbranched alkanes of at least 4 members (excludes halogenated alkanes) is 14. The lowest BCUT2D eigenvalue weighted by Crippen LogP contribution is -2.53. The summed E-state index contributed by atoms with van der Waals surface area (Å²) in [5.41, 5.74) is -6.88. The summed E-state index contributed by atoms with van der Waals surface area (Å²) in [6, 6.07) is 13.3. The quantitative estimate of drug-likeness (QED) is 0.0313. The first kappa shape index (κ1) is 57.9. The van der Waals surface area contributed by atoms with Crippen molar-refractivity contribution in [2.75, 3.05) is 14.2 Å². The highest BCUT2D eigenvalue weighted by atomic mass is 19.4. The smallest absolute Gasteiger partial charge is 0.432 e. The van der Waals surface area contributed by atoms with Gasteiger partial charge in [0.05, 0.1) is 24.4 Å². The van der Waals surface area contributed by atoms with Crippen LogP contribution in [0.25, 0.3) is 0 Å². The normalized spacial score (nSPS) is 23.1. The van der Waals surface area contributed by atoms with Crippen LogP contribution in [0.4, 0.5) is 26.3 Å². The molecule has 5 rings (SSSR count). The average Bonchev–Trinajstić information content (AvgIpc) is 4.11. The minimum atomic E-state index is -5.18. The molecule has 398 valence electrons. The second kappa shape index (κ2) is 27.9. The number of hydrogen-bond donors (Lipinski definition) is 0. The molecule has 10 nitrogen and oxygen atoms in total. The van der Waals surface area contributed by atoms with Gasteiger partial charge in [0.2, 0.25) is 0 Å². The third kappa shape index (κ3) is 15.3. The molecule has 3 aliphatic heterocycles. The molecule has 16 heteroatoms. The molecule has 9 atom stereocenters. The van der Waals surface area contributed by atoms with Crippen LogP contribution in [0.5, 0.6) is 0 Å². The Bertz CT molecular complexity index is 1950. The molecule has 2 fully saturated rings. The Balaban J connectivity index is 1.25. The molecule has 0 N–H and O–H groups in total. The zero-order chi connectivity index (χ0) is 51.5. The first-order valence-corrected chi connectivity index (χ1v) is 26.0. The maximum Gasteiger partial charge on any atom is 0.432 e. The van der Waals surface area contributed by atoms with Crippen LogP contribution in [0, 0.1) is 0 Å². The maximum absolute atomic E-state index is 15.0. The van der Waals surface area contributed by atoms with Crippen molar-refractivity contribution in [3.05, 3.63) is 83.4 Å². The van der Waals surface area contributed by atoms with Crippen molar-refractivity contribution in [3.63, 3.8) is 0 Å². The van der Waals surface area contributed by atoms with E-state index in [9.17, 15) is 27.6 Å². The molecule has 2 aromatic rings. The molecule has 3 heterocycles. The lowest BCUT2D eigenvalue weighted by atomic mass is 9.92. The van der Waals surface area contributed by atoms with Gasteiger partial charge in [-0.1, -0.05) is 151 Å². The van der Waals surface area contributed by atoms with Gasteiger partial charge in [0.1, 0.15) is 18.3 Å². The summed E-state index contributed by atoms with van der Waals surface area (Å²) in [6.45, 7) is 3.98. The largest absolute Gasteiger partial charge is 0.457 e. The molecule has 0 saturated carbocycles. The lowest BCUT2D eigenvalue weighted by molar-refractivity contribution is -0.281. The zero-order valence-corrected chi connectivity index (χ0v) is 42.0. The third-order valence-corrected chi connectivity index (χ3v) is 14.3. The molecule has 0 spiro atoms. The van der Waals surface area contributed by atoms with E-state index in [1.165, 1.54) is 60.7 Å². The highest BCUT2D eigenvalue weighted by molar-refractivity contribution is 5.90. The number of hydrogen-bond acceptors (Lipinski definition) is 10. The van der Waals surface area contributed by atoms with E-state index in [4.69, 9.17) is 33.2 Å². The number of halogens is 6. The summed E-state index contributed by atoms with van der Waals surface area (Å²) in [7, 11) is 1.66. The minimum Gasteiger partial charge on any atom is -0.457 e. The fraction of sp³-hybridized carbons (Fsp3) is 0.691. The summed E-state index contributed by atoms with van der Waals surface area (Å²) >= 11 is 0. The second-order valence-corrected chi connectivity index (χ2v) is 19.4. The Morgan fingerprint density at radius 2 is 0.958 bits per heavy atom. The number of alkyl halides is 6. The monoisotopic (exact) mass is 1010 g/mol. The third-order valence-electron chi connectivity index (χ3n) is 14.3. The van der Waals surface area contributed by atoms with Crippen LogP contribution in [0.2, 0.25) is 0 Å². The van der Waals surface area contributed by atoms with E-state index in [-0.39, 0.29) is 24.9 Å². The molecule has 0 aliphatic carbocycles. The van der Waals surface area contributed by atoms with Crippen LogP contribution < -0.4 is 0 Å². The van der Waals surface area contributed by atoms with E-state index in [1.54, 1.807) is 0 Å². The molecule has 71 heavy (non-hydrogen) atoms. The van der Waals surface area contributed by atoms with E-state index >= 15 is 13.2 Å². The number of esters is 3. The van der Waals surface area contributed by atoms with Crippen LogP contribution in [0.15, 0.2) is 72.3 Å². The zero-order valence-electron chi connectivity index (χ0n) is 42.0. The average molecular weight is 1010 g/mol. The maximum atomic E-state index is 15.0. The van der Waals surface area contributed by atoms with E-state index in [2.05, 4.69) is 6.92 Å². The predicted molar refractivity (Wildman–Crippen MR) is 255 cm³/mol. The molecule has 3 aliphatic rings. The highest BCUT2D eigenvalue weighted by Gasteiger charge is 2.66. The number of carbonyl (C=O) groups is 3. The van der Waals surface area contributed by atoms with E-state index < -0.39 is 83.2 Å². The number of carbonyl (C=O) groups excluding carboxylic acids is 3. The van der Waals surface area contributed by atoms with Crippen molar-refractivity contribution in [2.24, 2.45) is 0 Å². The molecule has 0 unspecified atom stereocenters. The van der Waals surface area contributed by atoms with Gasteiger partial charge in [-0.25, -0.2) is 14.4 Å². The first-order valence-electron chi connectivity index (χ1n) is 26.0. The number of rotatable bonds is 31. The molecule has 0 radical (unpaired) electrons. The summed E-state index contributed by atoms with van der Waals surface area (Å²) in [4.78, 5) is 39.8.